The fourth-order valence-corrected chi connectivity index (χ4v) is 1.97. The Morgan fingerprint density at radius 3 is 2.83 bits per heavy atom. The number of hydrogen-bond donors (Lipinski definition) is 0. The zero-order valence-electron chi connectivity index (χ0n) is 8.55. The monoisotopic (exact) mass is 171 g/mol. The zero-order valence-corrected chi connectivity index (χ0v) is 8.55. The lowest BCUT2D eigenvalue weighted by atomic mass is 10.1. The van der Waals surface area contributed by atoms with E-state index in [9.17, 15) is 0 Å². The van der Waals surface area contributed by atoms with Crippen molar-refractivity contribution >= 4 is 0 Å². The highest BCUT2D eigenvalue weighted by Gasteiger charge is 2.22. The van der Waals surface area contributed by atoms with Crippen molar-refractivity contribution in [2.24, 2.45) is 11.8 Å². The van der Waals surface area contributed by atoms with E-state index in [0.717, 1.165) is 18.4 Å². The van der Waals surface area contributed by atoms with Crippen LogP contribution in [-0.2, 0) is 4.74 Å². The van der Waals surface area contributed by atoms with Crippen molar-refractivity contribution in [1.82, 2.24) is 4.90 Å². The van der Waals surface area contributed by atoms with Crippen molar-refractivity contribution in [2.45, 2.75) is 20.3 Å². The van der Waals surface area contributed by atoms with E-state index in [1.807, 2.05) is 0 Å². The molecule has 1 rings (SSSR count). The largest absolute Gasteiger partial charge is 0.384 e. The third-order valence-electron chi connectivity index (χ3n) is 2.40. The Morgan fingerprint density at radius 2 is 2.25 bits per heavy atom. The first-order valence-corrected chi connectivity index (χ1v) is 4.93. The van der Waals surface area contributed by atoms with Crippen LogP contribution >= 0.6 is 0 Å². The second-order valence-electron chi connectivity index (χ2n) is 4.26. The fraction of sp³-hybridized carbons (Fsp3) is 1.00. The normalized spacial score (nSPS) is 25.5. The molecule has 0 spiro atoms. The van der Waals surface area contributed by atoms with E-state index in [0.29, 0.717) is 0 Å². The molecule has 0 radical (unpaired) electrons. The van der Waals surface area contributed by atoms with E-state index in [1.54, 1.807) is 7.11 Å². The second kappa shape index (κ2) is 4.83. The molecule has 0 unspecified atom stereocenters. The Labute approximate surface area is 75.9 Å². The Hall–Kier alpha value is -0.0800. The molecule has 2 nitrogen and oxygen atoms in total. The summed E-state index contributed by atoms with van der Waals surface area (Å²) in [4.78, 5) is 2.55. The lowest BCUT2D eigenvalue weighted by Gasteiger charge is -2.17. The van der Waals surface area contributed by atoms with Gasteiger partial charge in [0.1, 0.15) is 0 Å². The van der Waals surface area contributed by atoms with Gasteiger partial charge < -0.3 is 9.64 Å². The summed E-state index contributed by atoms with van der Waals surface area (Å²) in [6.45, 7) is 9.26. The van der Waals surface area contributed by atoms with Crippen LogP contribution in [0.5, 0.6) is 0 Å². The highest BCUT2D eigenvalue weighted by atomic mass is 16.5. The first kappa shape index (κ1) is 10.0. The maximum Gasteiger partial charge on any atom is 0.0503 e. The lowest BCUT2D eigenvalue weighted by Crippen LogP contribution is -2.25. The van der Waals surface area contributed by atoms with Crippen molar-refractivity contribution in [3.63, 3.8) is 0 Å². The van der Waals surface area contributed by atoms with Gasteiger partial charge in [-0.25, -0.2) is 0 Å². The van der Waals surface area contributed by atoms with Crippen LogP contribution in [0, 0.1) is 11.8 Å². The molecule has 0 aromatic rings. The fourth-order valence-electron chi connectivity index (χ4n) is 1.97. The summed E-state index contributed by atoms with van der Waals surface area (Å²) in [5.41, 5.74) is 0. The molecule has 72 valence electrons. The number of hydrogen-bond acceptors (Lipinski definition) is 2. The van der Waals surface area contributed by atoms with Crippen LogP contribution in [0.3, 0.4) is 0 Å². The van der Waals surface area contributed by atoms with Crippen molar-refractivity contribution in [1.29, 1.82) is 0 Å². The first-order valence-electron chi connectivity index (χ1n) is 4.93. The van der Waals surface area contributed by atoms with E-state index < -0.39 is 0 Å². The second-order valence-corrected chi connectivity index (χ2v) is 4.26. The Morgan fingerprint density at radius 1 is 1.50 bits per heavy atom. The van der Waals surface area contributed by atoms with Gasteiger partial charge in [0, 0.05) is 20.2 Å². The predicted octanol–water partition coefficient (Wildman–Crippen LogP) is 1.61. The van der Waals surface area contributed by atoms with E-state index in [-0.39, 0.29) is 0 Å². The Kier molecular flexibility index (Phi) is 4.02. The Balaban J connectivity index is 2.16. The van der Waals surface area contributed by atoms with Crippen molar-refractivity contribution in [2.75, 3.05) is 33.4 Å². The summed E-state index contributed by atoms with van der Waals surface area (Å²) in [6.07, 6.45) is 1.32. The molecule has 0 aromatic carbocycles. The summed E-state index contributed by atoms with van der Waals surface area (Å²) < 4.78 is 5.15. The SMILES string of the molecule is COC[C@H]1CCN(CC(C)C)C1. The molecule has 12 heavy (non-hydrogen) atoms. The van der Waals surface area contributed by atoms with Crippen LogP contribution in [0.15, 0.2) is 0 Å². The van der Waals surface area contributed by atoms with Gasteiger partial charge in [0.05, 0.1) is 6.61 Å². The number of rotatable bonds is 4. The average Bonchev–Trinajstić information content (AvgIpc) is 2.36. The zero-order chi connectivity index (χ0) is 8.97. The van der Waals surface area contributed by atoms with Crippen molar-refractivity contribution in [3.8, 4) is 0 Å². The van der Waals surface area contributed by atoms with Gasteiger partial charge in [-0.2, -0.15) is 0 Å². The molecule has 1 saturated heterocycles. The van der Waals surface area contributed by atoms with Gasteiger partial charge in [-0.3, -0.25) is 0 Å². The van der Waals surface area contributed by atoms with Crippen LogP contribution in [0.4, 0.5) is 0 Å². The predicted molar refractivity (Wildman–Crippen MR) is 51.3 cm³/mol. The quantitative estimate of drug-likeness (QED) is 0.637. The molecule has 1 fully saturated rings. The van der Waals surface area contributed by atoms with Crippen LogP contribution in [0.1, 0.15) is 20.3 Å². The summed E-state index contributed by atoms with van der Waals surface area (Å²) in [5, 5.41) is 0. The van der Waals surface area contributed by atoms with Crippen molar-refractivity contribution in [3.05, 3.63) is 0 Å². The summed E-state index contributed by atoms with van der Waals surface area (Å²) >= 11 is 0. The molecule has 0 aliphatic carbocycles. The van der Waals surface area contributed by atoms with Gasteiger partial charge in [-0.05, 0) is 24.8 Å². The molecular formula is C10H21NO. The van der Waals surface area contributed by atoms with E-state index in [2.05, 4.69) is 18.7 Å². The molecule has 1 atom stereocenters. The molecule has 0 bridgehead atoms. The number of ether oxygens (including phenoxy) is 1. The summed E-state index contributed by atoms with van der Waals surface area (Å²) in [6, 6.07) is 0. The summed E-state index contributed by atoms with van der Waals surface area (Å²) in [7, 11) is 1.80. The van der Waals surface area contributed by atoms with Crippen LogP contribution in [0.2, 0.25) is 0 Å². The molecule has 0 aromatic heterocycles. The number of methoxy groups -OCH3 is 1. The van der Waals surface area contributed by atoms with Gasteiger partial charge in [0.15, 0.2) is 0 Å². The third-order valence-corrected chi connectivity index (χ3v) is 2.40. The third kappa shape index (κ3) is 3.11. The molecule has 1 heterocycles. The molecule has 0 amide bonds. The van der Waals surface area contributed by atoms with Crippen LogP contribution in [0.25, 0.3) is 0 Å². The molecule has 0 N–H and O–H groups in total. The Bertz CT molecular complexity index is 125. The standard InChI is InChI=1S/C10H21NO/c1-9(2)6-11-5-4-10(7-11)8-12-3/h9-10H,4-8H2,1-3H3/t10-/m0/s1. The maximum absolute atomic E-state index is 5.15. The maximum atomic E-state index is 5.15. The van der Waals surface area contributed by atoms with E-state index in [4.69, 9.17) is 4.74 Å². The minimum Gasteiger partial charge on any atom is -0.384 e. The van der Waals surface area contributed by atoms with Gasteiger partial charge in [-0.15, -0.1) is 0 Å². The van der Waals surface area contributed by atoms with Crippen molar-refractivity contribution < 1.29 is 4.74 Å². The highest BCUT2D eigenvalue weighted by Crippen LogP contribution is 2.17. The molecule has 0 saturated carbocycles. The van der Waals surface area contributed by atoms with Crippen LogP contribution < -0.4 is 0 Å². The number of likely N-dealkylation sites (tertiary alicyclic amines) is 1. The molecule has 1 aliphatic heterocycles. The van der Waals surface area contributed by atoms with E-state index >= 15 is 0 Å². The lowest BCUT2D eigenvalue weighted by molar-refractivity contribution is 0.152. The van der Waals surface area contributed by atoms with Crippen LogP contribution in [-0.4, -0.2) is 38.3 Å². The highest BCUT2D eigenvalue weighted by molar-refractivity contribution is 4.75. The van der Waals surface area contributed by atoms with Gasteiger partial charge in [-0.1, -0.05) is 13.8 Å². The minimum atomic E-state index is 0.786. The molecule has 1 aliphatic rings. The topological polar surface area (TPSA) is 12.5 Å². The molecule has 2 heteroatoms. The smallest absolute Gasteiger partial charge is 0.0503 e. The first-order chi connectivity index (χ1) is 5.72. The number of nitrogens with zero attached hydrogens (tertiary/aromatic N) is 1. The van der Waals surface area contributed by atoms with Gasteiger partial charge in [0.25, 0.3) is 0 Å². The van der Waals surface area contributed by atoms with E-state index in [1.165, 1.54) is 26.1 Å². The molecular weight excluding hydrogens is 150 g/mol. The van der Waals surface area contributed by atoms with Gasteiger partial charge in [0.2, 0.25) is 0 Å². The minimum absolute atomic E-state index is 0.786. The summed E-state index contributed by atoms with van der Waals surface area (Å²) in [5.74, 6) is 1.58. The van der Waals surface area contributed by atoms with Gasteiger partial charge >= 0.3 is 0 Å². The average molecular weight is 171 g/mol.